The first-order chi connectivity index (χ1) is 12.8. The quantitative estimate of drug-likeness (QED) is 0.495. The molecule has 0 spiro atoms. The van der Waals surface area contributed by atoms with E-state index in [1.807, 2.05) is 30.3 Å². The summed E-state index contributed by atoms with van der Waals surface area (Å²) in [5.41, 5.74) is 3.52. The van der Waals surface area contributed by atoms with Crippen molar-refractivity contribution >= 4 is 22.3 Å². The van der Waals surface area contributed by atoms with Gasteiger partial charge in [0.2, 0.25) is 0 Å². The standard InChI is InChI=1S/C21H19FN4/c22-16-11-5-4-10-15(16)20-25-19-21(26(20)14-8-2-1-3-9-14)24-18-13-7-6-12-17(18)23-19/h4-7,10-14H,1-3,8-9H2. The lowest BCUT2D eigenvalue weighted by Crippen LogP contribution is -2.14. The zero-order chi connectivity index (χ0) is 17.5. The molecule has 130 valence electrons. The summed E-state index contributed by atoms with van der Waals surface area (Å²) < 4.78 is 16.7. The number of fused-ring (bicyclic) bond motifs is 2. The Kier molecular flexibility index (Phi) is 3.66. The Labute approximate surface area is 150 Å². The molecule has 4 nitrogen and oxygen atoms in total. The number of para-hydroxylation sites is 2. The van der Waals surface area contributed by atoms with Crippen molar-refractivity contribution in [1.82, 2.24) is 19.5 Å². The average Bonchev–Trinajstić information content (AvgIpc) is 3.05. The van der Waals surface area contributed by atoms with Crippen LogP contribution >= 0.6 is 0 Å². The van der Waals surface area contributed by atoms with Crippen molar-refractivity contribution in [2.24, 2.45) is 0 Å². The van der Waals surface area contributed by atoms with Crippen LogP contribution in [0, 0.1) is 5.82 Å². The van der Waals surface area contributed by atoms with Gasteiger partial charge < -0.3 is 4.57 Å². The molecular formula is C21H19FN4. The van der Waals surface area contributed by atoms with Gasteiger partial charge in [0.1, 0.15) is 11.6 Å². The molecule has 0 atom stereocenters. The molecule has 2 heterocycles. The molecular weight excluding hydrogens is 327 g/mol. The van der Waals surface area contributed by atoms with Gasteiger partial charge in [-0.25, -0.2) is 19.3 Å². The Hall–Kier alpha value is -2.82. The molecule has 0 radical (unpaired) electrons. The molecule has 1 aliphatic rings. The van der Waals surface area contributed by atoms with Crippen LogP contribution in [0.1, 0.15) is 38.1 Å². The number of hydrogen-bond acceptors (Lipinski definition) is 3. The second-order valence-corrected chi connectivity index (χ2v) is 6.94. The summed E-state index contributed by atoms with van der Waals surface area (Å²) in [5.74, 6) is 0.379. The maximum Gasteiger partial charge on any atom is 0.198 e. The van der Waals surface area contributed by atoms with Crippen molar-refractivity contribution in [2.75, 3.05) is 0 Å². The lowest BCUT2D eigenvalue weighted by molar-refractivity contribution is 0.361. The van der Waals surface area contributed by atoms with Crippen LogP contribution in [0.5, 0.6) is 0 Å². The minimum absolute atomic E-state index is 0.260. The van der Waals surface area contributed by atoms with Gasteiger partial charge in [-0.3, -0.25) is 0 Å². The van der Waals surface area contributed by atoms with Crippen molar-refractivity contribution in [3.05, 3.63) is 54.3 Å². The largest absolute Gasteiger partial charge is 0.304 e. The number of nitrogens with zero attached hydrogens (tertiary/aromatic N) is 4. The third-order valence-electron chi connectivity index (χ3n) is 5.26. The van der Waals surface area contributed by atoms with Gasteiger partial charge in [0.15, 0.2) is 11.3 Å². The molecule has 0 amide bonds. The van der Waals surface area contributed by atoms with E-state index in [-0.39, 0.29) is 5.82 Å². The lowest BCUT2D eigenvalue weighted by atomic mass is 9.95. The molecule has 0 aliphatic heterocycles. The highest BCUT2D eigenvalue weighted by Gasteiger charge is 2.25. The zero-order valence-electron chi connectivity index (χ0n) is 14.4. The Bertz CT molecular complexity index is 1100. The molecule has 2 aromatic carbocycles. The first kappa shape index (κ1) is 15.4. The van der Waals surface area contributed by atoms with E-state index in [1.54, 1.807) is 12.1 Å². The first-order valence-corrected chi connectivity index (χ1v) is 9.21. The maximum atomic E-state index is 14.5. The van der Waals surface area contributed by atoms with E-state index >= 15 is 0 Å². The van der Waals surface area contributed by atoms with Crippen LogP contribution in [-0.4, -0.2) is 19.5 Å². The maximum absolute atomic E-state index is 14.5. The number of aromatic nitrogens is 4. The van der Waals surface area contributed by atoms with E-state index in [2.05, 4.69) is 4.57 Å². The molecule has 26 heavy (non-hydrogen) atoms. The number of hydrogen-bond donors (Lipinski definition) is 0. The van der Waals surface area contributed by atoms with Crippen molar-refractivity contribution in [3.8, 4) is 11.4 Å². The lowest BCUT2D eigenvalue weighted by Gasteiger charge is -2.25. The van der Waals surface area contributed by atoms with Gasteiger partial charge in [0.05, 0.1) is 16.6 Å². The van der Waals surface area contributed by atoms with E-state index in [1.165, 1.54) is 25.3 Å². The summed E-state index contributed by atoms with van der Waals surface area (Å²) in [4.78, 5) is 14.3. The van der Waals surface area contributed by atoms with E-state index in [9.17, 15) is 4.39 Å². The van der Waals surface area contributed by atoms with Gasteiger partial charge in [-0.15, -0.1) is 0 Å². The van der Waals surface area contributed by atoms with Crippen LogP contribution in [0.4, 0.5) is 4.39 Å². The minimum Gasteiger partial charge on any atom is -0.304 e. The SMILES string of the molecule is Fc1ccccc1-c1nc2nc3ccccc3nc2n1C1CCCCC1. The van der Waals surface area contributed by atoms with Crippen molar-refractivity contribution in [1.29, 1.82) is 0 Å². The second kappa shape index (κ2) is 6.16. The summed E-state index contributed by atoms with van der Waals surface area (Å²) in [5, 5.41) is 0. The summed E-state index contributed by atoms with van der Waals surface area (Å²) in [7, 11) is 0. The number of benzene rings is 2. The van der Waals surface area contributed by atoms with Crippen LogP contribution in [0.25, 0.3) is 33.7 Å². The molecule has 1 aliphatic carbocycles. The number of rotatable bonds is 2. The van der Waals surface area contributed by atoms with Crippen molar-refractivity contribution < 1.29 is 4.39 Å². The fraction of sp³-hybridized carbons (Fsp3) is 0.286. The van der Waals surface area contributed by atoms with Gasteiger partial charge in [0, 0.05) is 6.04 Å². The highest BCUT2D eigenvalue weighted by Crippen LogP contribution is 2.36. The van der Waals surface area contributed by atoms with E-state index in [0.29, 0.717) is 23.1 Å². The molecule has 2 aromatic heterocycles. The van der Waals surface area contributed by atoms with Gasteiger partial charge in [0.25, 0.3) is 0 Å². The van der Waals surface area contributed by atoms with E-state index in [0.717, 1.165) is 29.5 Å². The van der Waals surface area contributed by atoms with Crippen LogP contribution in [0.2, 0.25) is 0 Å². The predicted octanol–water partition coefficient (Wildman–Crippen LogP) is 5.29. The van der Waals surface area contributed by atoms with Gasteiger partial charge in [-0.1, -0.05) is 43.5 Å². The van der Waals surface area contributed by atoms with Crippen molar-refractivity contribution in [2.45, 2.75) is 38.1 Å². The van der Waals surface area contributed by atoms with Gasteiger partial charge >= 0.3 is 0 Å². The molecule has 5 rings (SSSR count). The zero-order valence-corrected chi connectivity index (χ0v) is 14.4. The fourth-order valence-corrected chi connectivity index (χ4v) is 3.99. The Balaban J connectivity index is 1.82. The number of halogens is 1. The molecule has 1 fully saturated rings. The van der Waals surface area contributed by atoms with E-state index in [4.69, 9.17) is 15.0 Å². The molecule has 0 bridgehead atoms. The molecule has 4 aromatic rings. The Morgan fingerprint density at radius 3 is 2.27 bits per heavy atom. The summed E-state index contributed by atoms with van der Waals surface area (Å²) in [6, 6.07) is 14.9. The topological polar surface area (TPSA) is 43.6 Å². The highest BCUT2D eigenvalue weighted by atomic mass is 19.1. The third kappa shape index (κ3) is 2.46. The highest BCUT2D eigenvalue weighted by molar-refractivity contribution is 5.85. The van der Waals surface area contributed by atoms with Gasteiger partial charge in [-0.2, -0.15) is 0 Å². The average molecular weight is 346 g/mol. The van der Waals surface area contributed by atoms with Gasteiger partial charge in [-0.05, 0) is 37.1 Å². The van der Waals surface area contributed by atoms with Crippen molar-refractivity contribution in [3.63, 3.8) is 0 Å². The monoisotopic (exact) mass is 346 g/mol. The molecule has 0 unspecified atom stereocenters. The Morgan fingerprint density at radius 1 is 0.808 bits per heavy atom. The second-order valence-electron chi connectivity index (χ2n) is 6.94. The molecule has 5 heteroatoms. The predicted molar refractivity (Wildman–Crippen MR) is 100 cm³/mol. The number of imidazole rings is 1. The summed E-state index contributed by atoms with van der Waals surface area (Å²) >= 11 is 0. The van der Waals surface area contributed by atoms with Crippen LogP contribution in [0.15, 0.2) is 48.5 Å². The molecule has 1 saturated carbocycles. The normalized spacial score (nSPS) is 15.7. The first-order valence-electron chi connectivity index (χ1n) is 9.21. The minimum atomic E-state index is -0.260. The molecule has 0 N–H and O–H groups in total. The van der Waals surface area contributed by atoms with E-state index < -0.39 is 0 Å². The van der Waals surface area contributed by atoms with Crippen LogP contribution < -0.4 is 0 Å². The smallest absolute Gasteiger partial charge is 0.198 e. The summed E-state index contributed by atoms with van der Waals surface area (Å²) in [6.07, 6.45) is 5.76. The Morgan fingerprint density at radius 2 is 1.50 bits per heavy atom. The van der Waals surface area contributed by atoms with Crippen LogP contribution in [-0.2, 0) is 0 Å². The molecule has 0 saturated heterocycles. The summed E-state index contributed by atoms with van der Waals surface area (Å²) in [6.45, 7) is 0. The fourth-order valence-electron chi connectivity index (χ4n) is 3.99. The third-order valence-corrected chi connectivity index (χ3v) is 5.26. The van der Waals surface area contributed by atoms with Crippen LogP contribution in [0.3, 0.4) is 0 Å².